The van der Waals surface area contributed by atoms with Gasteiger partial charge in [-0.15, -0.1) is 0 Å². The van der Waals surface area contributed by atoms with Crippen LogP contribution in [0.15, 0.2) is 12.5 Å². The molecule has 8 heteroatoms. The van der Waals surface area contributed by atoms with Gasteiger partial charge < -0.3 is 20.4 Å². The third-order valence-corrected chi connectivity index (χ3v) is 2.53. The molecule has 0 aliphatic carbocycles. The van der Waals surface area contributed by atoms with Crippen molar-refractivity contribution in [3.63, 3.8) is 0 Å². The Morgan fingerprint density at radius 1 is 1.45 bits per heavy atom. The second-order valence-corrected chi connectivity index (χ2v) is 4.16. The number of hydrogen-bond donors (Lipinski definition) is 3. The summed E-state index contributed by atoms with van der Waals surface area (Å²) < 4.78 is 4.65. The van der Waals surface area contributed by atoms with Gasteiger partial charge >= 0.3 is 5.97 Å². The fraction of sp³-hybridized carbons (Fsp3) is 0.500. The van der Waals surface area contributed by atoms with E-state index in [2.05, 4.69) is 25.3 Å². The number of aromatic nitrogens is 2. The van der Waals surface area contributed by atoms with Gasteiger partial charge in [0.25, 0.3) is 0 Å². The molecular formula is C12H18N4O4. The standard InChI is InChI=1S/C12H18N4O4/c1-8(17)14-4-3-11(18)16-10(12(19)20-2)5-9-6-13-7-15-9/h6-7,10H,3-5H2,1-2H3,(H,13,15)(H,14,17)(H,16,18)/t10-/m0/s1. The third kappa shape index (κ3) is 5.51. The number of H-pyrrole nitrogens is 1. The molecule has 0 aliphatic heterocycles. The largest absolute Gasteiger partial charge is 0.467 e. The van der Waals surface area contributed by atoms with Crippen molar-refractivity contribution in [3.05, 3.63) is 18.2 Å². The number of rotatable bonds is 7. The Hall–Kier alpha value is -2.38. The Balaban J connectivity index is 2.49. The van der Waals surface area contributed by atoms with E-state index in [9.17, 15) is 14.4 Å². The fourth-order valence-corrected chi connectivity index (χ4v) is 1.57. The van der Waals surface area contributed by atoms with Crippen molar-refractivity contribution >= 4 is 17.8 Å². The Labute approximate surface area is 116 Å². The Kier molecular flexibility index (Phi) is 6.21. The molecule has 20 heavy (non-hydrogen) atoms. The number of nitrogens with zero attached hydrogens (tertiary/aromatic N) is 1. The number of ether oxygens (including phenoxy) is 1. The van der Waals surface area contributed by atoms with E-state index in [1.807, 2.05) is 0 Å². The van der Waals surface area contributed by atoms with Gasteiger partial charge in [0.15, 0.2) is 0 Å². The van der Waals surface area contributed by atoms with E-state index < -0.39 is 12.0 Å². The van der Waals surface area contributed by atoms with Crippen LogP contribution in [0.1, 0.15) is 19.0 Å². The zero-order valence-corrected chi connectivity index (χ0v) is 11.4. The van der Waals surface area contributed by atoms with E-state index in [0.29, 0.717) is 5.69 Å². The summed E-state index contributed by atoms with van der Waals surface area (Å²) in [4.78, 5) is 40.7. The number of methoxy groups -OCH3 is 1. The summed E-state index contributed by atoms with van der Waals surface area (Å²) in [7, 11) is 1.26. The summed E-state index contributed by atoms with van der Waals surface area (Å²) in [5.41, 5.74) is 0.711. The highest BCUT2D eigenvalue weighted by Crippen LogP contribution is 2.01. The molecule has 8 nitrogen and oxygen atoms in total. The van der Waals surface area contributed by atoms with Gasteiger partial charge in [0.05, 0.1) is 13.4 Å². The number of carbonyl (C=O) groups is 3. The Morgan fingerprint density at radius 3 is 2.75 bits per heavy atom. The average Bonchev–Trinajstić information content (AvgIpc) is 2.89. The predicted molar refractivity (Wildman–Crippen MR) is 69.5 cm³/mol. The van der Waals surface area contributed by atoms with Crippen molar-refractivity contribution in [2.45, 2.75) is 25.8 Å². The zero-order valence-electron chi connectivity index (χ0n) is 11.4. The first kappa shape index (κ1) is 15.7. The minimum absolute atomic E-state index is 0.0933. The molecule has 1 rings (SSSR count). The number of imidazole rings is 1. The molecule has 0 fully saturated rings. The second-order valence-electron chi connectivity index (χ2n) is 4.16. The lowest BCUT2D eigenvalue weighted by atomic mass is 10.1. The van der Waals surface area contributed by atoms with E-state index in [-0.39, 0.29) is 31.2 Å². The van der Waals surface area contributed by atoms with E-state index in [1.54, 1.807) is 6.20 Å². The van der Waals surface area contributed by atoms with Gasteiger partial charge in [-0.3, -0.25) is 9.59 Å². The third-order valence-electron chi connectivity index (χ3n) is 2.53. The summed E-state index contributed by atoms with van der Waals surface area (Å²) in [5.74, 6) is -1.08. The van der Waals surface area contributed by atoms with E-state index in [4.69, 9.17) is 0 Å². The second kappa shape index (κ2) is 7.93. The first-order chi connectivity index (χ1) is 9.52. The van der Waals surface area contributed by atoms with Gasteiger partial charge in [0.2, 0.25) is 11.8 Å². The number of hydrogen-bond acceptors (Lipinski definition) is 5. The van der Waals surface area contributed by atoms with E-state index in [1.165, 1.54) is 20.4 Å². The smallest absolute Gasteiger partial charge is 0.328 e. The lowest BCUT2D eigenvalue weighted by molar-refractivity contribution is -0.145. The molecular weight excluding hydrogens is 264 g/mol. The minimum atomic E-state index is -0.787. The molecule has 0 unspecified atom stereocenters. The van der Waals surface area contributed by atoms with Crippen LogP contribution >= 0.6 is 0 Å². The average molecular weight is 282 g/mol. The first-order valence-electron chi connectivity index (χ1n) is 6.11. The number of amides is 2. The molecule has 0 bridgehead atoms. The number of aromatic amines is 1. The SMILES string of the molecule is COC(=O)[C@H](Cc1cnc[nH]1)NC(=O)CCNC(C)=O. The van der Waals surface area contributed by atoms with Gasteiger partial charge in [0.1, 0.15) is 6.04 Å². The molecule has 110 valence electrons. The zero-order chi connectivity index (χ0) is 15.0. The fourth-order valence-electron chi connectivity index (χ4n) is 1.57. The summed E-state index contributed by atoms with van der Waals surface area (Å²) in [6.07, 6.45) is 3.41. The summed E-state index contributed by atoms with van der Waals surface area (Å²) in [6, 6.07) is -0.787. The van der Waals surface area contributed by atoms with Gasteiger partial charge in [-0.1, -0.05) is 0 Å². The maximum absolute atomic E-state index is 11.7. The van der Waals surface area contributed by atoms with Crippen molar-refractivity contribution in [3.8, 4) is 0 Å². The molecule has 3 N–H and O–H groups in total. The minimum Gasteiger partial charge on any atom is -0.467 e. The maximum atomic E-state index is 11.7. The van der Waals surface area contributed by atoms with Crippen LogP contribution in [0.5, 0.6) is 0 Å². The van der Waals surface area contributed by atoms with Crippen LogP contribution < -0.4 is 10.6 Å². The highest BCUT2D eigenvalue weighted by Gasteiger charge is 2.22. The number of carbonyl (C=O) groups excluding carboxylic acids is 3. The van der Waals surface area contributed by atoms with Crippen molar-refractivity contribution in [2.24, 2.45) is 0 Å². The monoisotopic (exact) mass is 282 g/mol. The lowest BCUT2D eigenvalue weighted by Gasteiger charge is -2.15. The molecule has 2 amide bonds. The van der Waals surface area contributed by atoms with Crippen LogP contribution in [-0.4, -0.2) is 47.4 Å². The molecule has 0 spiro atoms. The van der Waals surface area contributed by atoms with Crippen LogP contribution in [0.25, 0.3) is 0 Å². The molecule has 0 saturated carbocycles. The van der Waals surface area contributed by atoms with E-state index in [0.717, 1.165) is 0 Å². The quantitative estimate of drug-likeness (QED) is 0.563. The summed E-state index contributed by atoms with van der Waals surface area (Å²) in [6.45, 7) is 1.59. The molecule has 0 saturated heterocycles. The van der Waals surface area contributed by atoms with Gasteiger partial charge in [0, 0.05) is 38.2 Å². The molecule has 0 aliphatic rings. The Morgan fingerprint density at radius 2 is 2.20 bits per heavy atom. The van der Waals surface area contributed by atoms with E-state index >= 15 is 0 Å². The van der Waals surface area contributed by atoms with Crippen LogP contribution in [0.2, 0.25) is 0 Å². The van der Waals surface area contributed by atoms with Gasteiger partial charge in [-0.2, -0.15) is 0 Å². The highest BCUT2D eigenvalue weighted by atomic mass is 16.5. The normalized spacial score (nSPS) is 11.5. The summed E-state index contributed by atoms with van der Waals surface area (Å²) in [5, 5.41) is 5.07. The number of nitrogens with one attached hydrogen (secondary N) is 3. The molecule has 1 atom stereocenters. The molecule has 1 aromatic rings. The number of esters is 1. The molecule has 1 aromatic heterocycles. The first-order valence-corrected chi connectivity index (χ1v) is 6.11. The lowest BCUT2D eigenvalue weighted by Crippen LogP contribution is -2.44. The molecule has 0 aromatic carbocycles. The van der Waals surface area contributed by atoms with Crippen LogP contribution in [0.4, 0.5) is 0 Å². The van der Waals surface area contributed by atoms with Crippen LogP contribution in [-0.2, 0) is 25.5 Å². The maximum Gasteiger partial charge on any atom is 0.328 e. The van der Waals surface area contributed by atoms with Gasteiger partial charge in [-0.05, 0) is 0 Å². The van der Waals surface area contributed by atoms with Crippen molar-refractivity contribution < 1.29 is 19.1 Å². The van der Waals surface area contributed by atoms with Crippen LogP contribution in [0.3, 0.4) is 0 Å². The van der Waals surface area contributed by atoms with Crippen molar-refractivity contribution in [1.29, 1.82) is 0 Å². The highest BCUT2D eigenvalue weighted by molar-refractivity contribution is 5.85. The van der Waals surface area contributed by atoms with Crippen molar-refractivity contribution in [1.82, 2.24) is 20.6 Å². The molecule has 0 radical (unpaired) electrons. The van der Waals surface area contributed by atoms with Crippen LogP contribution in [0, 0.1) is 0 Å². The Bertz CT molecular complexity index is 458. The topological polar surface area (TPSA) is 113 Å². The molecule has 1 heterocycles. The van der Waals surface area contributed by atoms with Gasteiger partial charge in [-0.25, -0.2) is 9.78 Å². The predicted octanol–water partition coefficient (Wildman–Crippen LogP) is -0.864. The summed E-state index contributed by atoms with van der Waals surface area (Å²) >= 11 is 0. The van der Waals surface area contributed by atoms with Crippen molar-refractivity contribution in [2.75, 3.05) is 13.7 Å².